The number of β-amino-alcohol motifs (C(OH)–C–C–N with tert-alkyl or cyclic N) is 1. The van der Waals surface area contributed by atoms with Crippen LogP contribution in [0.3, 0.4) is 0 Å². The molecule has 3 aliphatic rings. The second-order valence-electron chi connectivity index (χ2n) is 7.92. The van der Waals surface area contributed by atoms with Crippen LogP contribution in [-0.2, 0) is 14.3 Å². The third kappa shape index (κ3) is 3.09. The molecule has 0 saturated heterocycles. The summed E-state index contributed by atoms with van der Waals surface area (Å²) >= 11 is 0. The lowest BCUT2D eigenvalue weighted by Gasteiger charge is -2.37. The van der Waals surface area contributed by atoms with Gasteiger partial charge in [-0.2, -0.15) is 0 Å². The Kier molecular flexibility index (Phi) is 5.15. The van der Waals surface area contributed by atoms with E-state index in [1.807, 2.05) is 31.2 Å². The van der Waals surface area contributed by atoms with Crippen molar-refractivity contribution in [3.05, 3.63) is 41.2 Å². The molecule has 1 saturated carbocycles. The van der Waals surface area contributed by atoms with Gasteiger partial charge in [-0.15, -0.1) is 0 Å². The Bertz CT molecular complexity index is 817. The van der Waals surface area contributed by atoms with Crippen molar-refractivity contribution in [2.24, 2.45) is 11.8 Å². The van der Waals surface area contributed by atoms with E-state index in [9.17, 15) is 14.7 Å². The van der Waals surface area contributed by atoms with Gasteiger partial charge in [0.15, 0.2) is 11.5 Å². The molecule has 1 aliphatic carbocycles. The first-order chi connectivity index (χ1) is 13.5. The van der Waals surface area contributed by atoms with Gasteiger partial charge in [0.2, 0.25) is 0 Å². The first-order valence-electron chi connectivity index (χ1n) is 10.1. The zero-order chi connectivity index (χ0) is 19.8. The van der Waals surface area contributed by atoms with E-state index in [-0.39, 0.29) is 42.6 Å². The zero-order valence-electron chi connectivity index (χ0n) is 16.4. The van der Waals surface area contributed by atoms with Crippen LogP contribution in [-0.4, -0.2) is 47.6 Å². The minimum atomic E-state index is -0.541. The summed E-state index contributed by atoms with van der Waals surface area (Å²) in [6, 6.07) is 6.93. The van der Waals surface area contributed by atoms with Gasteiger partial charge >= 0.3 is 0 Å². The number of fused-ring (bicyclic) bond motifs is 1. The normalized spacial score (nSPS) is 29.5. The Balaban J connectivity index is 1.77. The Labute approximate surface area is 165 Å². The lowest BCUT2D eigenvalue weighted by molar-refractivity contribution is -0.136. The second-order valence-corrected chi connectivity index (χ2v) is 7.92. The number of benzene rings is 1. The highest BCUT2D eigenvalue weighted by Crippen LogP contribution is 2.47. The van der Waals surface area contributed by atoms with Crippen LogP contribution in [0.25, 0.3) is 0 Å². The van der Waals surface area contributed by atoms with E-state index in [1.165, 1.54) is 0 Å². The minimum Gasteiger partial charge on any atom is -0.494 e. The summed E-state index contributed by atoms with van der Waals surface area (Å²) in [4.78, 5) is 28.1. The Morgan fingerprint density at radius 1 is 1.29 bits per heavy atom. The molecule has 6 heteroatoms. The van der Waals surface area contributed by atoms with Crippen molar-refractivity contribution in [3.63, 3.8) is 0 Å². The fourth-order valence-electron chi connectivity index (χ4n) is 4.75. The molecule has 1 fully saturated rings. The molecular weight excluding hydrogens is 358 g/mol. The van der Waals surface area contributed by atoms with Crippen molar-refractivity contribution in [1.29, 1.82) is 0 Å². The highest BCUT2D eigenvalue weighted by molar-refractivity contribution is 6.11. The lowest BCUT2D eigenvalue weighted by atomic mass is 9.74. The number of hydrogen-bond acceptors (Lipinski definition) is 5. The molecule has 150 valence electrons. The molecule has 1 amide bonds. The van der Waals surface area contributed by atoms with Gasteiger partial charge in [-0.3, -0.25) is 9.59 Å². The number of carbonyl (C=O) groups is 2. The van der Waals surface area contributed by atoms with Gasteiger partial charge < -0.3 is 19.5 Å². The largest absolute Gasteiger partial charge is 0.494 e. The molecule has 4 atom stereocenters. The van der Waals surface area contributed by atoms with Crippen LogP contribution < -0.4 is 4.74 Å². The number of aliphatic hydroxyl groups is 1. The average molecular weight is 385 g/mol. The number of Topliss-reactive ketones (excluding diaryl/α,β-unsaturated/α-hetero) is 1. The first-order valence-corrected chi connectivity index (χ1v) is 10.1. The van der Waals surface area contributed by atoms with E-state index in [0.29, 0.717) is 23.8 Å². The maximum absolute atomic E-state index is 13.5. The Morgan fingerprint density at radius 2 is 2.11 bits per heavy atom. The van der Waals surface area contributed by atoms with E-state index in [0.717, 1.165) is 24.8 Å². The first kappa shape index (κ1) is 19.0. The van der Waals surface area contributed by atoms with Crippen molar-refractivity contribution in [1.82, 2.24) is 4.90 Å². The molecule has 1 N–H and O–H groups in total. The van der Waals surface area contributed by atoms with Gasteiger partial charge in [0.05, 0.1) is 30.7 Å². The van der Waals surface area contributed by atoms with E-state index < -0.39 is 6.04 Å². The summed E-state index contributed by atoms with van der Waals surface area (Å²) in [6.07, 6.45) is 2.38. The number of ether oxygens (including phenoxy) is 2. The molecule has 0 radical (unpaired) electrons. The topological polar surface area (TPSA) is 76.1 Å². The predicted octanol–water partition coefficient (Wildman–Crippen LogP) is 2.62. The van der Waals surface area contributed by atoms with Crippen LogP contribution in [0.2, 0.25) is 0 Å². The molecule has 4 unspecified atom stereocenters. The highest BCUT2D eigenvalue weighted by atomic mass is 16.5. The monoisotopic (exact) mass is 385 g/mol. The number of amides is 1. The van der Waals surface area contributed by atoms with Gasteiger partial charge in [0, 0.05) is 6.54 Å². The van der Waals surface area contributed by atoms with Crippen molar-refractivity contribution >= 4 is 11.7 Å². The third-order valence-electron chi connectivity index (χ3n) is 6.03. The van der Waals surface area contributed by atoms with Gasteiger partial charge in [-0.1, -0.05) is 19.1 Å². The van der Waals surface area contributed by atoms with Gasteiger partial charge in [-0.25, -0.2) is 0 Å². The third-order valence-corrected chi connectivity index (χ3v) is 6.03. The van der Waals surface area contributed by atoms with Crippen molar-refractivity contribution in [3.8, 4) is 5.75 Å². The molecule has 0 spiro atoms. The molecule has 4 rings (SSSR count). The van der Waals surface area contributed by atoms with Crippen molar-refractivity contribution in [2.75, 3.05) is 19.8 Å². The molecule has 2 aliphatic heterocycles. The summed E-state index contributed by atoms with van der Waals surface area (Å²) in [5, 5.41) is 9.53. The molecule has 28 heavy (non-hydrogen) atoms. The minimum absolute atomic E-state index is 0.0263. The number of hydrogen-bond donors (Lipinski definition) is 1. The number of ketones is 1. The fraction of sp³-hybridized carbons (Fsp3) is 0.545. The highest BCUT2D eigenvalue weighted by Gasteiger charge is 2.52. The number of nitrogens with zero attached hydrogens (tertiary/aromatic N) is 1. The van der Waals surface area contributed by atoms with Crippen LogP contribution in [0, 0.1) is 11.8 Å². The number of aliphatic hydroxyl groups excluding tert-OH is 1. The SMILES string of the molecule is CCOc1cccc(C2C3=C(OC4CCC(C)CC4C3=O)C(=O)N2CCO)c1. The molecular formula is C22H27NO5. The summed E-state index contributed by atoms with van der Waals surface area (Å²) in [7, 11) is 0. The summed E-state index contributed by atoms with van der Waals surface area (Å²) in [6.45, 7) is 4.58. The molecule has 1 aromatic rings. The fourth-order valence-corrected chi connectivity index (χ4v) is 4.75. The summed E-state index contributed by atoms with van der Waals surface area (Å²) < 4.78 is 11.7. The average Bonchev–Trinajstić information content (AvgIpc) is 2.96. The molecule has 6 nitrogen and oxygen atoms in total. The Morgan fingerprint density at radius 3 is 2.86 bits per heavy atom. The Hall–Kier alpha value is -2.34. The summed E-state index contributed by atoms with van der Waals surface area (Å²) in [5.41, 5.74) is 1.25. The number of rotatable bonds is 5. The maximum Gasteiger partial charge on any atom is 0.290 e. The molecule has 0 aromatic heterocycles. The van der Waals surface area contributed by atoms with E-state index in [2.05, 4.69) is 6.92 Å². The van der Waals surface area contributed by atoms with Crippen LogP contribution >= 0.6 is 0 Å². The lowest BCUT2D eigenvalue weighted by Crippen LogP contribution is -2.41. The van der Waals surface area contributed by atoms with Crippen molar-refractivity contribution in [2.45, 2.75) is 45.3 Å². The second kappa shape index (κ2) is 7.59. The van der Waals surface area contributed by atoms with Crippen LogP contribution in [0.5, 0.6) is 5.75 Å². The quantitative estimate of drug-likeness (QED) is 0.843. The number of carbonyl (C=O) groups excluding carboxylic acids is 2. The van der Waals surface area contributed by atoms with E-state index in [1.54, 1.807) is 4.90 Å². The predicted molar refractivity (Wildman–Crippen MR) is 103 cm³/mol. The maximum atomic E-state index is 13.5. The van der Waals surface area contributed by atoms with Gasteiger partial charge in [-0.05, 0) is 49.8 Å². The van der Waals surface area contributed by atoms with E-state index >= 15 is 0 Å². The van der Waals surface area contributed by atoms with Crippen LogP contribution in [0.15, 0.2) is 35.6 Å². The summed E-state index contributed by atoms with van der Waals surface area (Å²) in [5.74, 6) is 0.878. The van der Waals surface area contributed by atoms with Crippen molar-refractivity contribution < 1.29 is 24.2 Å². The van der Waals surface area contributed by atoms with Gasteiger partial charge in [0.25, 0.3) is 5.91 Å². The smallest absolute Gasteiger partial charge is 0.290 e. The zero-order valence-corrected chi connectivity index (χ0v) is 16.4. The van der Waals surface area contributed by atoms with Crippen LogP contribution in [0.1, 0.15) is 44.7 Å². The molecule has 1 aromatic carbocycles. The van der Waals surface area contributed by atoms with Crippen LogP contribution in [0.4, 0.5) is 0 Å². The molecule has 2 heterocycles. The van der Waals surface area contributed by atoms with Gasteiger partial charge in [0.1, 0.15) is 11.9 Å². The van der Waals surface area contributed by atoms with E-state index in [4.69, 9.17) is 9.47 Å². The standard InChI is InChI=1S/C22H27NO5/c1-3-27-15-6-4-5-14(12-15)19-18-20(25)16-11-13(2)7-8-17(16)28-21(18)22(26)23(19)9-10-24/h4-6,12-13,16-17,19,24H,3,7-11H2,1-2H3. The molecule has 0 bridgehead atoms.